The minimum atomic E-state index is 0.0304. The molecule has 16 heavy (non-hydrogen) atoms. The molecule has 0 saturated carbocycles. The summed E-state index contributed by atoms with van der Waals surface area (Å²) >= 11 is 0. The highest BCUT2D eigenvalue weighted by molar-refractivity contribution is 5.87. The standard InChI is InChI=1S/C13H26N2O/c1-5-15(6-2)10-8-7-9-14-13(16)11-12(3)4/h11H,5-10H2,1-4H3,(H,14,16). The van der Waals surface area contributed by atoms with Crippen molar-refractivity contribution in [3.63, 3.8) is 0 Å². The van der Waals surface area contributed by atoms with Gasteiger partial charge >= 0.3 is 0 Å². The maximum absolute atomic E-state index is 11.3. The van der Waals surface area contributed by atoms with Gasteiger partial charge in [-0.15, -0.1) is 0 Å². The molecule has 0 aliphatic rings. The summed E-state index contributed by atoms with van der Waals surface area (Å²) in [6.07, 6.45) is 3.85. The third-order valence-electron chi connectivity index (χ3n) is 2.51. The van der Waals surface area contributed by atoms with Gasteiger partial charge in [-0.05, 0) is 46.3 Å². The largest absolute Gasteiger partial charge is 0.353 e. The average Bonchev–Trinajstić information content (AvgIpc) is 2.22. The lowest BCUT2D eigenvalue weighted by Crippen LogP contribution is -2.26. The maximum Gasteiger partial charge on any atom is 0.243 e. The van der Waals surface area contributed by atoms with Crippen LogP contribution in [0, 0.1) is 0 Å². The topological polar surface area (TPSA) is 32.3 Å². The highest BCUT2D eigenvalue weighted by atomic mass is 16.1. The van der Waals surface area contributed by atoms with Crippen molar-refractivity contribution >= 4 is 5.91 Å². The van der Waals surface area contributed by atoms with Gasteiger partial charge in [0.05, 0.1) is 0 Å². The van der Waals surface area contributed by atoms with Gasteiger partial charge in [-0.2, -0.15) is 0 Å². The molecule has 0 fully saturated rings. The molecule has 0 aliphatic carbocycles. The van der Waals surface area contributed by atoms with Gasteiger partial charge < -0.3 is 10.2 Å². The minimum Gasteiger partial charge on any atom is -0.353 e. The second-order valence-electron chi connectivity index (χ2n) is 4.25. The van der Waals surface area contributed by atoms with Crippen molar-refractivity contribution in [1.82, 2.24) is 10.2 Å². The van der Waals surface area contributed by atoms with Crippen LogP contribution < -0.4 is 5.32 Å². The third-order valence-corrected chi connectivity index (χ3v) is 2.51. The normalized spacial score (nSPS) is 10.3. The Morgan fingerprint density at radius 3 is 2.31 bits per heavy atom. The second kappa shape index (κ2) is 9.40. The molecular weight excluding hydrogens is 200 g/mol. The van der Waals surface area contributed by atoms with Crippen molar-refractivity contribution in [3.05, 3.63) is 11.6 Å². The van der Waals surface area contributed by atoms with Gasteiger partial charge in [0, 0.05) is 12.6 Å². The van der Waals surface area contributed by atoms with Gasteiger partial charge in [-0.1, -0.05) is 19.4 Å². The molecule has 0 rings (SSSR count). The lowest BCUT2D eigenvalue weighted by molar-refractivity contribution is -0.116. The molecule has 0 unspecified atom stereocenters. The van der Waals surface area contributed by atoms with Crippen molar-refractivity contribution in [2.45, 2.75) is 40.5 Å². The van der Waals surface area contributed by atoms with Gasteiger partial charge in [0.25, 0.3) is 0 Å². The van der Waals surface area contributed by atoms with Crippen molar-refractivity contribution in [2.24, 2.45) is 0 Å². The second-order valence-corrected chi connectivity index (χ2v) is 4.25. The molecule has 0 heterocycles. The van der Waals surface area contributed by atoms with E-state index in [1.807, 2.05) is 13.8 Å². The summed E-state index contributed by atoms with van der Waals surface area (Å²) in [5.74, 6) is 0.0304. The van der Waals surface area contributed by atoms with E-state index in [2.05, 4.69) is 24.1 Å². The Bertz CT molecular complexity index is 216. The van der Waals surface area contributed by atoms with Crippen LogP contribution in [0.4, 0.5) is 0 Å². The van der Waals surface area contributed by atoms with Crippen molar-refractivity contribution in [1.29, 1.82) is 0 Å². The number of unbranched alkanes of at least 4 members (excludes halogenated alkanes) is 1. The smallest absolute Gasteiger partial charge is 0.243 e. The number of carbonyl (C=O) groups is 1. The number of hydrogen-bond donors (Lipinski definition) is 1. The maximum atomic E-state index is 11.3. The van der Waals surface area contributed by atoms with E-state index < -0.39 is 0 Å². The molecular formula is C13H26N2O. The molecule has 94 valence electrons. The van der Waals surface area contributed by atoms with E-state index in [9.17, 15) is 4.79 Å². The first-order valence-electron chi connectivity index (χ1n) is 6.25. The van der Waals surface area contributed by atoms with E-state index in [4.69, 9.17) is 0 Å². The molecule has 0 aliphatic heterocycles. The molecule has 0 spiro atoms. The van der Waals surface area contributed by atoms with Gasteiger partial charge in [0.1, 0.15) is 0 Å². The van der Waals surface area contributed by atoms with Gasteiger partial charge in [-0.25, -0.2) is 0 Å². The average molecular weight is 226 g/mol. The van der Waals surface area contributed by atoms with Crippen LogP contribution in [0.15, 0.2) is 11.6 Å². The fourth-order valence-electron chi connectivity index (χ4n) is 1.53. The van der Waals surface area contributed by atoms with E-state index in [0.717, 1.165) is 44.6 Å². The molecule has 0 aromatic carbocycles. The molecule has 0 radical (unpaired) electrons. The van der Waals surface area contributed by atoms with Crippen LogP contribution in [0.2, 0.25) is 0 Å². The van der Waals surface area contributed by atoms with Gasteiger partial charge in [-0.3, -0.25) is 4.79 Å². The SMILES string of the molecule is CCN(CC)CCCCNC(=O)C=C(C)C. The molecule has 0 atom stereocenters. The molecule has 3 heteroatoms. The lowest BCUT2D eigenvalue weighted by Gasteiger charge is -2.17. The monoisotopic (exact) mass is 226 g/mol. The summed E-state index contributed by atoms with van der Waals surface area (Å²) in [7, 11) is 0. The van der Waals surface area contributed by atoms with E-state index in [-0.39, 0.29) is 5.91 Å². The van der Waals surface area contributed by atoms with Crippen molar-refractivity contribution in [3.8, 4) is 0 Å². The first-order chi connectivity index (χ1) is 7.60. The number of rotatable bonds is 8. The lowest BCUT2D eigenvalue weighted by atomic mass is 10.2. The zero-order valence-corrected chi connectivity index (χ0v) is 11.2. The third kappa shape index (κ3) is 8.48. The van der Waals surface area contributed by atoms with Crippen LogP contribution >= 0.6 is 0 Å². The quantitative estimate of drug-likeness (QED) is 0.508. The number of nitrogens with zero attached hydrogens (tertiary/aromatic N) is 1. The van der Waals surface area contributed by atoms with E-state index >= 15 is 0 Å². The summed E-state index contributed by atoms with van der Waals surface area (Å²) in [6.45, 7) is 12.4. The zero-order chi connectivity index (χ0) is 12.4. The van der Waals surface area contributed by atoms with Gasteiger partial charge in [0.2, 0.25) is 5.91 Å². The van der Waals surface area contributed by atoms with Crippen LogP contribution in [0.3, 0.4) is 0 Å². The van der Waals surface area contributed by atoms with E-state index in [0.29, 0.717) is 0 Å². The summed E-state index contributed by atoms with van der Waals surface area (Å²) < 4.78 is 0. The summed E-state index contributed by atoms with van der Waals surface area (Å²) in [5, 5.41) is 2.89. The van der Waals surface area contributed by atoms with Crippen LogP contribution in [0.5, 0.6) is 0 Å². The molecule has 3 nitrogen and oxygen atoms in total. The predicted molar refractivity (Wildman–Crippen MR) is 69.5 cm³/mol. The van der Waals surface area contributed by atoms with Crippen LogP contribution in [-0.2, 0) is 4.79 Å². The molecule has 0 aromatic rings. The summed E-state index contributed by atoms with van der Waals surface area (Å²) in [5.41, 5.74) is 1.04. The number of hydrogen-bond acceptors (Lipinski definition) is 2. The predicted octanol–water partition coefficient (Wildman–Crippen LogP) is 2.19. The van der Waals surface area contributed by atoms with Crippen molar-refractivity contribution in [2.75, 3.05) is 26.2 Å². The molecule has 0 saturated heterocycles. The summed E-state index contributed by atoms with van der Waals surface area (Å²) in [6, 6.07) is 0. The molecule has 0 aromatic heterocycles. The number of carbonyl (C=O) groups excluding carboxylic acids is 1. The fourth-order valence-corrected chi connectivity index (χ4v) is 1.53. The Hall–Kier alpha value is -0.830. The van der Waals surface area contributed by atoms with Crippen molar-refractivity contribution < 1.29 is 4.79 Å². The molecule has 0 bridgehead atoms. The van der Waals surface area contributed by atoms with E-state index in [1.165, 1.54) is 0 Å². The van der Waals surface area contributed by atoms with Crippen LogP contribution in [-0.4, -0.2) is 37.0 Å². The Morgan fingerprint density at radius 1 is 1.19 bits per heavy atom. The highest BCUT2D eigenvalue weighted by Gasteiger charge is 1.99. The number of amides is 1. The zero-order valence-electron chi connectivity index (χ0n) is 11.2. The van der Waals surface area contributed by atoms with E-state index in [1.54, 1.807) is 6.08 Å². The summed E-state index contributed by atoms with van der Waals surface area (Å²) in [4.78, 5) is 13.7. The Labute approximate surface area is 99.9 Å². The first-order valence-corrected chi connectivity index (χ1v) is 6.25. The molecule has 1 amide bonds. The Balaban J connectivity index is 3.47. The Morgan fingerprint density at radius 2 is 1.81 bits per heavy atom. The number of nitrogens with one attached hydrogen (secondary N) is 1. The fraction of sp³-hybridized carbons (Fsp3) is 0.769. The minimum absolute atomic E-state index is 0.0304. The van der Waals surface area contributed by atoms with Crippen LogP contribution in [0.1, 0.15) is 40.5 Å². The highest BCUT2D eigenvalue weighted by Crippen LogP contribution is 1.94. The molecule has 1 N–H and O–H groups in total. The van der Waals surface area contributed by atoms with Crippen LogP contribution in [0.25, 0.3) is 0 Å². The number of allylic oxidation sites excluding steroid dienone is 1. The first kappa shape index (κ1) is 15.2. The Kier molecular flexibility index (Phi) is 8.91. The van der Waals surface area contributed by atoms with Gasteiger partial charge in [0.15, 0.2) is 0 Å².